The van der Waals surface area contributed by atoms with Crippen LogP contribution in [0.2, 0.25) is 0 Å². The zero-order valence-electron chi connectivity index (χ0n) is 26.0. The first kappa shape index (κ1) is 29.3. The third-order valence-corrected chi connectivity index (χ3v) is 9.46. The molecule has 0 fully saturated rings. The summed E-state index contributed by atoms with van der Waals surface area (Å²) in [4.78, 5) is 0. The first-order valence-electron chi connectivity index (χ1n) is 16.0. The van der Waals surface area contributed by atoms with Gasteiger partial charge in [0.05, 0.1) is 6.10 Å². The molecule has 1 aliphatic carbocycles. The van der Waals surface area contributed by atoms with E-state index in [0.29, 0.717) is 39.0 Å². The molecule has 0 heterocycles. The summed E-state index contributed by atoms with van der Waals surface area (Å²) in [5.74, 6) is -0.493. The minimum atomic E-state index is -1.12. The Morgan fingerprint density at radius 2 is 1.04 bits per heavy atom. The SMILES string of the molecule is Oc1c(-c2ccccc2)cccc1-c1cc2ccccc2c(C2=c3ccccc3=CC(c3cccc(-c4ccccc4)c3O)C2O)c1O. The third kappa shape index (κ3) is 4.82. The number of rotatable bonds is 5. The summed E-state index contributed by atoms with van der Waals surface area (Å²) >= 11 is 0. The van der Waals surface area contributed by atoms with Gasteiger partial charge in [-0.25, -0.2) is 0 Å². The zero-order valence-corrected chi connectivity index (χ0v) is 26.0. The number of aliphatic hydroxyl groups is 1. The molecule has 232 valence electrons. The molecule has 8 rings (SSSR count). The molecule has 2 atom stereocenters. The first-order valence-corrected chi connectivity index (χ1v) is 16.0. The molecule has 0 aromatic heterocycles. The second-order valence-corrected chi connectivity index (χ2v) is 12.2. The van der Waals surface area contributed by atoms with Crippen molar-refractivity contribution in [3.05, 3.63) is 173 Å². The average molecular weight is 625 g/mol. The molecule has 7 aromatic rings. The van der Waals surface area contributed by atoms with Crippen molar-refractivity contribution in [1.82, 2.24) is 0 Å². The number of phenolic OH excluding ortho intramolecular Hbond substituents is 3. The highest BCUT2D eigenvalue weighted by molar-refractivity contribution is 6.03. The van der Waals surface area contributed by atoms with Crippen LogP contribution in [0.3, 0.4) is 0 Å². The molecular weight excluding hydrogens is 592 g/mol. The van der Waals surface area contributed by atoms with Gasteiger partial charge < -0.3 is 20.4 Å². The van der Waals surface area contributed by atoms with Crippen LogP contribution >= 0.6 is 0 Å². The highest BCUT2D eigenvalue weighted by Gasteiger charge is 2.33. The third-order valence-electron chi connectivity index (χ3n) is 9.46. The van der Waals surface area contributed by atoms with Crippen molar-refractivity contribution >= 4 is 22.4 Å². The summed E-state index contributed by atoms with van der Waals surface area (Å²) in [5.41, 5.74) is 5.64. The number of para-hydroxylation sites is 2. The van der Waals surface area contributed by atoms with Gasteiger partial charge >= 0.3 is 0 Å². The van der Waals surface area contributed by atoms with Gasteiger partial charge in [-0.2, -0.15) is 0 Å². The summed E-state index contributed by atoms with van der Waals surface area (Å²) in [6.45, 7) is 0. The molecule has 48 heavy (non-hydrogen) atoms. The molecule has 1 aliphatic rings. The average Bonchev–Trinajstić information content (AvgIpc) is 3.13. The van der Waals surface area contributed by atoms with Gasteiger partial charge in [-0.05, 0) is 38.4 Å². The molecular formula is C44H32O4. The Balaban J connectivity index is 1.37. The molecule has 0 saturated carbocycles. The maximum Gasteiger partial charge on any atom is 0.131 e. The Morgan fingerprint density at radius 3 is 1.77 bits per heavy atom. The zero-order chi connectivity index (χ0) is 32.8. The fourth-order valence-electron chi connectivity index (χ4n) is 7.16. The van der Waals surface area contributed by atoms with Gasteiger partial charge in [-0.15, -0.1) is 0 Å². The van der Waals surface area contributed by atoms with Crippen LogP contribution < -0.4 is 10.4 Å². The van der Waals surface area contributed by atoms with Crippen molar-refractivity contribution in [3.63, 3.8) is 0 Å². The van der Waals surface area contributed by atoms with E-state index in [-0.39, 0.29) is 17.2 Å². The van der Waals surface area contributed by atoms with Crippen molar-refractivity contribution in [1.29, 1.82) is 0 Å². The number of hydrogen-bond donors (Lipinski definition) is 4. The molecule has 0 saturated heterocycles. The predicted molar refractivity (Wildman–Crippen MR) is 193 cm³/mol. The normalized spacial score (nSPS) is 15.6. The van der Waals surface area contributed by atoms with Crippen LogP contribution in [0.4, 0.5) is 0 Å². The Morgan fingerprint density at radius 1 is 0.458 bits per heavy atom. The topological polar surface area (TPSA) is 80.9 Å². The summed E-state index contributed by atoms with van der Waals surface area (Å²) in [7, 11) is 0. The molecule has 4 heteroatoms. The molecule has 7 aromatic carbocycles. The molecule has 4 N–H and O–H groups in total. The summed E-state index contributed by atoms with van der Waals surface area (Å²) in [6.07, 6.45) is 0.872. The van der Waals surface area contributed by atoms with Gasteiger partial charge in [0, 0.05) is 44.9 Å². The van der Waals surface area contributed by atoms with E-state index in [1.807, 2.05) is 152 Å². The first-order chi connectivity index (χ1) is 23.5. The van der Waals surface area contributed by atoms with E-state index in [2.05, 4.69) is 0 Å². The number of fused-ring (bicyclic) bond motifs is 2. The van der Waals surface area contributed by atoms with Crippen molar-refractivity contribution < 1.29 is 20.4 Å². The molecule has 4 nitrogen and oxygen atoms in total. The number of aliphatic hydroxyl groups excluding tert-OH is 1. The van der Waals surface area contributed by atoms with Crippen LogP contribution in [0.15, 0.2) is 152 Å². The molecule has 0 spiro atoms. The minimum absolute atomic E-state index is 0.0408. The van der Waals surface area contributed by atoms with E-state index in [0.717, 1.165) is 32.3 Å². The van der Waals surface area contributed by atoms with Crippen molar-refractivity contribution in [2.45, 2.75) is 12.0 Å². The van der Waals surface area contributed by atoms with Crippen LogP contribution in [-0.4, -0.2) is 26.5 Å². The van der Waals surface area contributed by atoms with Crippen molar-refractivity contribution in [3.8, 4) is 50.6 Å². The van der Waals surface area contributed by atoms with Gasteiger partial charge in [0.1, 0.15) is 17.2 Å². The number of hydrogen-bond acceptors (Lipinski definition) is 4. The van der Waals surface area contributed by atoms with Crippen LogP contribution in [-0.2, 0) is 0 Å². The lowest BCUT2D eigenvalue weighted by molar-refractivity contribution is 0.218. The second kappa shape index (κ2) is 11.9. The van der Waals surface area contributed by atoms with E-state index in [9.17, 15) is 20.4 Å². The monoisotopic (exact) mass is 624 g/mol. The lowest BCUT2D eigenvalue weighted by atomic mass is 9.78. The van der Waals surface area contributed by atoms with Crippen LogP contribution in [0, 0.1) is 0 Å². The van der Waals surface area contributed by atoms with E-state index in [4.69, 9.17) is 0 Å². The van der Waals surface area contributed by atoms with Crippen LogP contribution in [0.25, 0.3) is 55.8 Å². The molecule has 0 bridgehead atoms. The lowest BCUT2D eigenvalue weighted by Crippen LogP contribution is -2.39. The van der Waals surface area contributed by atoms with E-state index in [1.165, 1.54) is 0 Å². The Hall–Kier alpha value is -6.10. The van der Waals surface area contributed by atoms with Gasteiger partial charge in [0.25, 0.3) is 0 Å². The summed E-state index contributed by atoms with van der Waals surface area (Å²) < 4.78 is 0. The van der Waals surface area contributed by atoms with E-state index < -0.39 is 12.0 Å². The number of benzene rings is 7. The summed E-state index contributed by atoms with van der Waals surface area (Å²) in [5, 5.41) is 51.4. The van der Waals surface area contributed by atoms with Crippen LogP contribution in [0.5, 0.6) is 17.2 Å². The van der Waals surface area contributed by atoms with Gasteiger partial charge in [-0.1, -0.05) is 152 Å². The molecule has 0 amide bonds. The standard InChI is InChI=1S/C44H32O4/c45-41-33(27-13-3-1-4-14-27)21-11-23-35(41)37-25-29-17-7-9-19-31(29)39(43(37)47)40-32-20-10-8-18-30(32)26-38(44(40)48)36-24-12-22-34(42(36)46)28-15-5-2-6-16-28/h1-26,37,43,45-48H. The highest BCUT2D eigenvalue weighted by Crippen LogP contribution is 2.48. The van der Waals surface area contributed by atoms with E-state index >= 15 is 0 Å². The van der Waals surface area contributed by atoms with Gasteiger partial charge in [-0.3, -0.25) is 0 Å². The lowest BCUT2D eigenvalue weighted by Gasteiger charge is -2.29. The highest BCUT2D eigenvalue weighted by atomic mass is 16.3. The molecule has 0 radical (unpaired) electrons. The quantitative estimate of drug-likeness (QED) is 0.156. The molecule has 0 aliphatic heterocycles. The smallest absolute Gasteiger partial charge is 0.131 e. The van der Waals surface area contributed by atoms with Crippen molar-refractivity contribution in [2.75, 3.05) is 0 Å². The largest absolute Gasteiger partial charge is 0.507 e. The summed E-state index contributed by atoms with van der Waals surface area (Å²) in [6, 6.07) is 48.0. The molecule has 2 unspecified atom stereocenters. The minimum Gasteiger partial charge on any atom is -0.507 e. The maximum atomic E-state index is 12.4. The second-order valence-electron chi connectivity index (χ2n) is 12.2. The Bertz CT molecular complexity index is 2450. The van der Waals surface area contributed by atoms with Crippen LogP contribution in [0.1, 0.15) is 17.0 Å². The fourth-order valence-corrected chi connectivity index (χ4v) is 7.16. The van der Waals surface area contributed by atoms with E-state index in [1.54, 1.807) is 6.07 Å². The van der Waals surface area contributed by atoms with Gasteiger partial charge in [0.15, 0.2) is 0 Å². The maximum absolute atomic E-state index is 12.4. The number of phenols is 3. The van der Waals surface area contributed by atoms with Crippen molar-refractivity contribution in [2.24, 2.45) is 0 Å². The number of aromatic hydroxyl groups is 3. The van der Waals surface area contributed by atoms with Gasteiger partial charge in [0.2, 0.25) is 0 Å². The predicted octanol–water partition coefficient (Wildman–Crippen LogP) is 8.10. The Kier molecular flexibility index (Phi) is 7.28. The Labute approximate surface area is 278 Å². The fraction of sp³-hybridized carbons (Fsp3) is 0.0455.